The Morgan fingerprint density at radius 3 is 1.49 bits per heavy atom. The summed E-state index contributed by atoms with van der Waals surface area (Å²) in [6.45, 7) is 5.63. The van der Waals surface area contributed by atoms with Crippen molar-refractivity contribution in [2.75, 3.05) is 47.0 Å². The number of ether oxygens (including phenoxy) is 2. The largest absolute Gasteiger partial charge is 0.494 e. The van der Waals surface area contributed by atoms with E-state index in [-0.39, 0.29) is 6.61 Å². The molecule has 0 saturated heterocycles. The molecular weight excluding hydrogens is 462 g/mol. The lowest BCUT2D eigenvalue weighted by molar-refractivity contribution is -0.890. The van der Waals surface area contributed by atoms with Crippen molar-refractivity contribution in [3.63, 3.8) is 0 Å². The van der Waals surface area contributed by atoms with Gasteiger partial charge < -0.3 is 19.1 Å². The highest BCUT2D eigenvalue weighted by Crippen LogP contribution is 2.23. The van der Waals surface area contributed by atoms with E-state index in [1.165, 1.54) is 57.8 Å². The summed E-state index contributed by atoms with van der Waals surface area (Å²) in [4.78, 5) is 0. The van der Waals surface area contributed by atoms with Crippen molar-refractivity contribution >= 4 is 11.4 Å². The second-order valence-corrected chi connectivity index (χ2v) is 10.5. The minimum absolute atomic E-state index is 0.210. The van der Waals surface area contributed by atoms with Gasteiger partial charge in [0.15, 0.2) is 0 Å². The first-order chi connectivity index (χ1) is 18.0. The molecule has 206 valence electrons. The van der Waals surface area contributed by atoms with E-state index in [0.717, 1.165) is 59.9 Å². The number of aliphatic hydroxyl groups is 1. The molecule has 0 atom stereocenters. The molecule has 2 aromatic rings. The second-order valence-electron chi connectivity index (χ2n) is 10.5. The normalized spacial score (nSPS) is 11.8. The van der Waals surface area contributed by atoms with E-state index < -0.39 is 0 Å². The number of unbranched alkanes of at least 4 members (excludes halogenated alkanes) is 9. The molecule has 2 rings (SSSR count). The minimum atomic E-state index is 0.210. The van der Waals surface area contributed by atoms with E-state index in [1.54, 1.807) is 0 Å². The SMILES string of the molecule is CCCCCCCCCCCCOc1ccc(N=Nc2ccc(OCCC[N+](C)(C)CCO)cc2)cc1. The first kappa shape index (κ1) is 30.8. The number of quaternary nitrogens is 1. The van der Waals surface area contributed by atoms with Crippen LogP contribution in [0.25, 0.3) is 0 Å². The molecule has 2 aromatic carbocycles. The highest BCUT2D eigenvalue weighted by atomic mass is 16.5. The molecule has 0 amide bonds. The first-order valence-electron chi connectivity index (χ1n) is 14.3. The van der Waals surface area contributed by atoms with Crippen molar-refractivity contribution in [1.82, 2.24) is 0 Å². The van der Waals surface area contributed by atoms with Crippen LogP contribution >= 0.6 is 0 Å². The highest BCUT2D eigenvalue weighted by molar-refractivity contribution is 5.44. The van der Waals surface area contributed by atoms with Crippen LogP contribution in [0.4, 0.5) is 11.4 Å². The minimum Gasteiger partial charge on any atom is -0.494 e. The van der Waals surface area contributed by atoms with Gasteiger partial charge in [-0.2, -0.15) is 10.2 Å². The number of rotatable bonds is 21. The Balaban J connectivity index is 1.59. The van der Waals surface area contributed by atoms with Crippen LogP contribution in [-0.4, -0.2) is 56.6 Å². The average Bonchev–Trinajstić information content (AvgIpc) is 2.90. The maximum Gasteiger partial charge on any atom is 0.119 e. The Labute approximate surface area is 225 Å². The molecule has 0 spiro atoms. The highest BCUT2D eigenvalue weighted by Gasteiger charge is 2.13. The summed E-state index contributed by atoms with van der Waals surface area (Å²) in [7, 11) is 4.24. The van der Waals surface area contributed by atoms with Gasteiger partial charge in [0.05, 0.1) is 51.8 Å². The Morgan fingerprint density at radius 1 is 0.595 bits per heavy atom. The van der Waals surface area contributed by atoms with E-state index in [2.05, 4.69) is 31.2 Å². The lowest BCUT2D eigenvalue weighted by atomic mass is 10.1. The van der Waals surface area contributed by atoms with Crippen LogP contribution < -0.4 is 9.47 Å². The number of hydrogen-bond acceptors (Lipinski definition) is 5. The van der Waals surface area contributed by atoms with Gasteiger partial charge in [0.25, 0.3) is 0 Å². The van der Waals surface area contributed by atoms with E-state index >= 15 is 0 Å². The van der Waals surface area contributed by atoms with Crippen LogP contribution in [-0.2, 0) is 0 Å². The van der Waals surface area contributed by atoms with E-state index in [4.69, 9.17) is 14.6 Å². The van der Waals surface area contributed by atoms with Crippen LogP contribution in [0.2, 0.25) is 0 Å². The van der Waals surface area contributed by atoms with Crippen molar-refractivity contribution in [1.29, 1.82) is 0 Å². The van der Waals surface area contributed by atoms with Crippen LogP contribution in [0.3, 0.4) is 0 Å². The van der Waals surface area contributed by atoms with Crippen LogP contribution in [0, 0.1) is 0 Å². The molecule has 0 unspecified atom stereocenters. The molecule has 0 aliphatic rings. The lowest BCUT2D eigenvalue weighted by Crippen LogP contribution is -2.43. The molecule has 0 aromatic heterocycles. The topological polar surface area (TPSA) is 63.4 Å². The molecule has 6 nitrogen and oxygen atoms in total. The summed E-state index contributed by atoms with van der Waals surface area (Å²) in [5.41, 5.74) is 1.59. The summed E-state index contributed by atoms with van der Waals surface area (Å²) in [6.07, 6.45) is 14.2. The molecule has 1 N–H and O–H groups in total. The number of hydrogen-bond donors (Lipinski definition) is 1. The van der Waals surface area contributed by atoms with E-state index in [1.807, 2.05) is 48.5 Å². The molecule has 37 heavy (non-hydrogen) atoms. The maximum absolute atomic E-state index is 9.11. The molecule has 0 saturated carbocycles. The maximum atomic E-state index is 9.11. The molecule has 0 aliphatic carbocycles. The summed E-state index contributed by atoms with van der Waals surface area (Å²) in [5, 5.41) is 17.8. The van der Waals surface area contributed by atoms with Crippen molar-refractivity contribution in [3.05, 3.63) is 48.5 Å². The van der Waals surface area contributed by atoms with Crippen molar-refractivity contribution in [2.45, 2.75) is 77.6 Å². The predicted molar refractivity (Wildman–Crippen MR) is 153 cm³/mol. The molecular formula is C31H50N3O3+. The Kier molecular flexibility index (Phi) is 15.6. The fourth-order valence-corrected chi connectivity index (χ4v) is 4.18. The van der Waals surface area contributed by atoms with E-state index in [9.17, 15) is 0 Å². The van der Waals surface area contributed by atoms with Crippen LogP contribution in [0.15, 0.2) is 58.8 Å². The van der Waals surface area contributed by atoms with E-state index in [0.29, 0.717) is 6.61 Å². The van der Waals surface area contributed by atoms with Gasteiger partial charge in [-0.3, -0.25) is 0 Å². The molecule has 0 fully saturated rings. The molecule has 6 heteroatoms. The third-order valence-electron chi connectivity index (χ3n) is 6.60. The predicted octanol–water partition coefficient (Wildman–Crippen LogP) is 8.24. The molecule has 0 aliphatic heterocycles. The molecule has 0 bridgehead atoms. The van der Waals surface area contributed by atoms with Gasteiger partial charge >= 0.3 is 0 Å². The van der Waals surface area contributed by atoms with Crippen molar-refractivity contribution < 1.29 is 19.1 Å². The zero-order valence-corrected chi connectivity index (χ0v) is 23.5. The zero-order valence-electron chi connectivity index (χ0n) is 23.5. The fourth-order valence-electron chi connectivity index (χ4n) is 4.18. The fraction of sp³-hybridized carbons (Fsp3) is 0.613. The second kappa shape index (κ2) is 18.8. The van der Waals surface area contributed by atoms with Crippen LogP contribution in [0.1, 0.15) is 77.6 Å². The average molecular weight is 513 g/mol. The smallest absolute Gasteiger partial charge is 0.119 e. The van der Waals surface area contributed by atoms with Gasteiger partial charge in [0.2, 0.25) is 0 Å². The van der Waals surface area contributed by atoms with Gasteiger partial charge in [-0.1, -0.05) is 64.7 Å². The number of aliphatic hydroxyl groups excluding tert-OH is 1. The Bertz CT molecular complexity index is 851. The standard InChI is InChI=1S/C31H50N3O3/c1-4-5-6-7-8-9-10-11-12-13-26-36-30-19-15-28(16-20-30)32-33-29-17-21-31(22-18-29)37-27-14-23-34(2,3)24-25-35/h15-22,35H,4-14,23-27H2,1-3H3/q+1. The Morgan fingerprint density at radius 2 is 1.03 bits per heavy atom. The van der Waals surface area contributed by atoms with Gasteiger partial charge in [-0.15, -0.1) is 0 Å². The molecule has 0 heterocycles. The van der Waals surface area contributed by atoms with Gasteiger partial charge in [-0.25, -0.2) is 0 Å². The van der Waals surface area contributed by atoms with Crippen molar-refractivity contribution in [2.24, 2.45) is 10.2 Å². The summed E-state index contributed by atoms with van der Waals surface area (Å²) < 4.78 is 12.5. The molecule has 0 radical (unpaired) electrons. The van der Waals surface area contributed by atoms with Crippen LogP contribution in [0.5, 0.6) is 11.5 Å². The summed E-state index contributed by atoms with van der Waals surface area (Å²) >= 11 is 0. The Hall–Kier alpha value is -2.44. The zero-order chi connectivity index (χ0) is 26.6. The summed E-state index contributed by atoms with van der Waals surface area (Å²) in [5.74, 6) is 1.71. The van der Waals surface area contributed by atoms with Gasteiger partial charge in [0, 0.05) is 6.42 Å². The first-order valence-corrected chi connectivity index (χ1v) is 14.3. The monoisotopic (exact) mass is 512 g/mol. The number of likely N-dealkylation sites (N-methyl/N-ethyl adjacent to an activating group) is 1. The third kappa shape index (κ3) is 14.8. The summed E-state index contributed by atoms with van der Waals surface area (Å²) in [6, 6.07) is 15.5. The lowest BCUT2D eigenvalue weighted by Gasteiger charge is -2.28. The number of benzene rings is 2. The number of azo groups is 1. The quantitative estimate of drug-likeness (QED) is 0.104. The van der Waals surface area contributed by atoms with Gasteiger partial charge in [0.1, 0.15) is 18.0 Å². The third-order valence-corrected chi connectivity index (χ3v) is 6.60. The van der Waals surface area contributed by atoms with Gasteiger partial charge in [-0.05, 0) is 55.0 Å². The van der Waals surface area contributed by atoms with Crippen molar-refractivity contribution in [3.8, 4) is 11.5 Å². The number of nitrogens with zero attached hydrogens (tertiary/aromatic N) is 3.